The van der Waals surface area contributed by atoms with Crippen molar-refractivity contribution < 1.29 is 21.4 Å². The van der Waals surface area contributed by atoms with Gasteiger partial charge in [-0.25, -0.2) is 21.6 Å². The predicted octanol–water partition coefficient (Wildman–Crippen LogP) is 0.908. The van der Waals surface area contributed by atoms with Gasteiger partial charge in [0.2, 0.25) is 20.0 Å². The maximum absolute atomic E-state index is 12.4. The Morgan fingerprint density at radius 1 is 1.23 bits per heavy atom. The van der Waals surface area contributed by atoms with Gasteiger partial charge in [-0.3, -0.25) is 4.31 Å². The van der Waals surface area contributed by atoms with Crippen LogP contribution in [0.5, 0.6) is 0 Å². The average Bonchev–Trinajstić information content (AvgIpc) is 2.90. The molecule has 0 atom stereocenters. The number of aromatic nitrogens is 1. The van der Waals surface area contributed by atoms with Gasteiger partial charge in [0, 0.05) is 13.1 Å². The van der Waals surface area contributed by atoms with Crippen LogP contribution in [0.2, 0.25) is 0 Å². The number of sulfonamides is 2. The molecule has 0 saturated carbocycles. The van der Waals surface area contributed by atoms with Gasteiger partial charge >= 0.3 is 0 Å². The first kappa shape index (κ1) is 19.9. The van der Waals surface area contributed by atoms with Crippen molar-refractivity contribution in [2.45, 2.75) is 18.7 Å². The topological polar surface area (TPSA) is 133 Å². The van der Waals surface area contributed by atoms with Gasteiger partial charge < -0.3 is 4.52 Å². The van der Waals surface area contributed by atoms with Crippen molar-refractivity contribution in [2.24, 2.45) is 0 Å². The van der Waals surface area contributed by atoms with Gasteiger partial charge in [-0.15, -0.1) is 0 Å². The van der Waals surface area contributed by atoms with Crippen LogP contribution >= 0.6 is 0 Å². The first-order valence-corrected chi connectivity index (χ1v) is 10.8. The largest absolute Gasteiger partial charge is 0.360 e. The van der Waals surface area contributed by atoms with Crippen LogP contribution in [-0.2, 0) is 20.0 Å². The number of hydrogen-bond acceptors (Lipinski definition) is 7. The van der Waals surface area contributed by atoms with Crippen molar-refractivity contribution in [3.8, 4) is 6.07 Å². The minimum Gasteiger partial charge on any atom is -0.360 e. The van der Waals surface area contributed by atoms with E-state index in [4.69, 9.17) is 4.52 Å². The minimum absolute atomic E-state index is 0.0687. The molecule has 0 saturated heterocycles. The molecule has 140 valence electrons. The standard InChI is InChI=1S/C15H18N4O5S2/c1-11-15(12(2)24-18-11)26(22,23)17-8-9-19(25(3,20)21)14-7-5-4-6-13(14)10-16/h4-7,17H,8-9H2,1-3H3. The predicted molar refractivity (Wildman–Crippen MR) is 94.5 cm³/mol. The molecule has 1 aromatic heterocycles. The first-order chi connectivity index (χ1) is 12.1. The quantitative estimate of drug-likeness (QED) is 0.732. The summed E-state index contributed by atoms with van der Waals surface area (Å²) in [6.45, 7) is 2.59. The average molecular weight is 398 g/mol. The molecule has 2 aromatic rings. The molecular formula is C15H18N4O5S2. The molecule has 1 aromatic carbocycles. The van der Waals surface area contributed by atoms with Crippen LogP contribution in [0.15, 0.2) is 33.7 Å². The lowest BCUT2D eigenvalue weighted by atomic mass is 10.2. The van der Waals surface area contributed by atoms with Crippen LogP contribution in [0.25, 0.3) is 0 Å². The third kappa shape index (κ3) is 4.21. The van der Waals surface area contributed by atoms with E-state index in [0.717, 1.165) is 10.6 Å². The molecule has 0 bridgehead atoms. The zero-order valence-electron chi connectivity index (χ0n) is 14.4. The number of aryl methyl sites for hydroxylation is 2. The van der Waals surface area contributed by atoms with Crippen molar-refractivity contribution in [1.29, 1.82) is 5.26 Å². The fourth-order valence-corrected chi connectivity index (χ4v) is 4.75. The lowest BCUT2D eigenvalue weighted by molar-refractivity contribution is 0.390. The summed E-state index contributed by atoms with van der Waals surface area (Å²) in [5.74, 6) is 0.143. The molecular weight excluding hydrogens is 380 g/mol. The number of nitrogens with zero attached hydrogens (tertiary/aromatic N) is 3. The summed E-state index contributed by atoms with van der Waals surface area (Å²) in [5, 5.41) is 12.8. The second-order valence-corrected chi connectivity index (χ2v) is 9.13. The van der Waals surface area contributed by atoms with Crippen LogP contribution in [0.1, 0.15) is 17.0 Å². The highest BCUT2D eigenvalue weighted by molar-refractivity contribution is 7.92. The summed E-state index contributed by atoms with van der Waals surface area (Å²) in [4.78, 5) is -0.0687. The lowest BCUT2D eigenvalue weighted by Crippen LogP contribution is -2.38. The van der Waals surface area contributed by atoms with Gasteiger partial charge in [0.05, 0.1) is 17.5 Å². The molecule has 0 spiro atoms. The molecule has 26 heavy (non-hydrogen) atoms. The third-order valence-electron chi connectivity index (χ3n) is 3.54. The molecule has 0 aliphatic rings. The molecule has 9 nitrogen and oxygen atoms in total. The van der Waals surface area contributed by atoms with Crippen molar-refractivity contribution in [3.63, 3.8) is 0 Å². The number of para-hydroxylation sites is 1. The summed E-state index contributed by atoms with van der Waals surface area (Å²) in [6.07, 6.45) is 0.990. The fraction of sp³-hybridized carbons (Fsp3) is 0.333. The second kappa shape index (κ2) is 7.45. The van der Waals surface area contributed by atoms with Gasteiger partial charge in [-0.1, -0.05) is 17.3 Å². The van der Waals surface area contributed by atoms with E-state index < -0.39 is 20.0 Å². The molecule has 2 rings (SSSR count). The summed E-state index contributed by atoms with van der Waals surface area (Å²) in [7, 11) is -7.63. The zero-order valence-corrected chi connectivity index (χ0v) is 16.1. The third-order valence-corrected chi connectivity index (χ3v) is 6.42. The number of anilines is 1. The number of rotatable bonds is 7. The van der Waals surface area contributed by atoms with Crippen molar-refractivity contribution >= 4 is 25.7 Å². The van der Waals surface area contributed by atoms with E-state index >= 15 is 0 Å². The summed E-state index contributed by atoms with van der Waals surface area (Å²) in [6, 6.07) is 8.12. The summed E-state index contributed by atoms with van der Waals surface area (Å²) >= 11 is 0. The summed E-state index contributed by atoms with van der Waals surface area (Å²) < 4.78 is 57.2. The Bertz CT molecular complexity index is 1030. The highest BCUT2D eigenvalue weighted by Crippen LogP contribution is 2.22. The Kier molecular flexibility index (Phi) is 5.70. The maximum Gasteiger partial charge on any atom is 0.246 e. The fourth-order valence-electron chi connectivity index (χ4n) is 2.46. The van der Waals surface area contributed by atoms with Crippen molar-refractivity contribution in [1.82, 2.24) is 9.88 Å². The van der Waals surface area contributed by atoms with Crippen molar-refractivity contribution in [2.75, 3.05) is 23.7 Å². The molecule has 0 aliphatic carbocycles. The zero-order chi connectivity index (χ0) is 19.5. The molecule has 0 aliphatic heterocycles. The smallest absolute Gasteiger partial charge is 0.246 e. The Hall–Kier alpha value is -2.42. The number of hydrogen-bond donors (Lipinski definition) is 1. The number of nitriles is 1. The molecule has 0 fully saturated rings. The van der Waals surface area contributed by atoms with E-state index in [2.05, 4.69) is 9.88 Å². The van der Waals surface area contributed by atoms with Crippen LogP contribution in [0, 0.1) is 25.2 Å². The van der Waals surface area contributed by atoms with Crippen molar-refractivity contribution in [3.05, 3.63) is 41.3 Å². The summed E-state index contributed by atoms with van der Waals surface area (Å²) in [5.41, 5.74) is 0.574. The van der Waals surface area contributed by atoms with Crippen LogP contribution in [0.4, 0.5) is 5.69 Å². The van der Waals surface area contributed by atoms with Gasteiger partial charge in [0.1, 0.15) is 16.7 Å². The Labute approximate surface area is 152 Å². The minimum atomic E-state index is -3.91. The van der Waals surface area contributed by atoms with Crippen LogP contribution in [-0.4, -0.2) is 41.3 Å². The van der Waals surface area contributed by atoms with Gasteiger partial charge in [-0.05, 0) is 26.0 Å². The monoisotopic (exact) mass is 398 g/mol. The molecule has 0 amide bonds. The van der Waals surface area contributed by atoms with E-state index in [0.29, 0.717) is 0 Å². The molecule has 1 N–H and O–H groups in total. The molecule has 11 heteroatoms. The first-order valence-electron chi connectivity index (χ1n) is 7.47. The number of nitrogens with one attached hydrogen (secondary N) is 1. The van der Waals surface area contributed by atoms with Crippen LogP contribution < -0.4 is 9.03 Å². The second-order valence-electron chi connectivity index (χ2n) is 5.52. The van der Waals surface area contributed by atoms with Crippen LogP contribution in [0.3, 0.4) is 0 Å². The van der Waals surface area contributed by atoms with Gasteiger partial charge in [0.15, 0.2) is 5.76 Å². The number of benzene rings is 1. The van der Waals surface area contributed by atoms with E-state index in [1.165, 1.54) is 26.0 Å². The van der Waals surface area contributed by atoms with E-state index in [-0.39, 0.29) is 40.7 Å². The maximum atomic E-state index is 12.4. The SMILES string of the molecule is Cc1noc(C)c1S(=O)(=O)NCCN(c1ccccc1C#N)S(C)(=O)=O. The van der Waals surface area contributed by atoms with Gasteiger partial charge in [0.25, 0.3) is 0 Å². The molecule has 1 heterocycles. The Morgan fingerprint density at radius 3 is 2.42 bits per heavy atom. The highest BCUT2D eigenvalue weighted by atomic mass is 32.2. The molecule has 0 radical (unpaired) electrons. The van der Waals surface area contributed by atoms with E-state index in [1.807, 2.05) is 6.07 Å². The normalized spacial score (nSPS) is 11.9. The Balaban J connectivity index is 2.23. The highest BCUT2D eigenvalue weighted by Gasteiger charge is 2.25. The van der Waals surface area contributed by atoms with E-state index in [9.17, 15) is 22.1 Å². The molecule has 0 unspecified atom stereocenters. The Morgan fingerprint density at radius 2 is 1.88 bits per heavy atom. The van der Waals surface area contributed by atoms with E-state index in [1.54, 1.807) is 12.1 Å². The lowest BCUT2D eigenvalue weighted by Gasteiger charge is -2.23. The van der Waals surface area contributed by atoms with Gasteiger partial charge in [-0.2, -0.15) is 5.26 Å².